The third kappa shape index (κ3) is 8.24. The Hall–Kier alpha value is -1.69. The second-order valence-corrected chi connectivity index (χ2v) is 6.28. The number of amides is 1. The molecule has 6 nitrogen and oxygen atoms in total. The van der Waals surface area contributed by atoms with Crippen LogP contribution in [0.4, 0.5) is 0 Å². The molecule has 6 heteroatoms. The number of rotatable bonds is 9. The van der Waals surface area contributed by atoms with E-state index in [9.17, 15) is 14.4 Å². The van der Waals surface area contributed by atoms with Crippen molar-refractivity contribution in [2.45, 2.75) is 46.1 Å². The summed E-state index contributed by atoms with van der Waals surface area (Å²) in [6.07, 6.45) is 2.17. The van der Waals surface area contributed by atoms with Gasteiger partial charge in [0.2, 0.25) is 5.91 Å². The van der Waals surface area contributed by atoms with Crippen LogP contribution < -0.4 is 5.32 Å². The van der Waals surface area contributed by atoms with Gasteiger partial charge in [0, 0.05) is 18.8 Å². The van der Waals surface area contributed by atoms with E-state index in [-0.39, 0.29) is 24.0 Å². The zero-order valence-corrected chi connectivity index (χ0v) is 12.9. The van der Waals surface area contributed by atoms with E-state index in [0.717, 1.165) is 0 Å². The van der Waals surface area contributed by atoms with Crippen LogP contribution in [0, 0.1) is 11.3 Å². The first-order valence-corrected chi connectivity index (χ1v) is 6.87. The van der Waals surface area contributed by atoms with Crippen LogP contribution in [0.2, 0.25) is 0 Å². The Labute approximate surface area is 125 Å². The number of carbonyl (C=O) groups excluding carboxylic acids is 2. The molecule has 0 bridgehead atoms. The molecule has 0 spiro atoms. The summed E-state index contributed by atoms with van der Waals surface area (Å²) in [5.41, 5.74) is -0.166. The van der Waals surface area contributed by atoms with Crippen molar-refractivity contribution in [1.82, 2.24) is 5.32 Å². The Balaban J connectivity index is 4.73. The molecule has 0 fully saturated rings. The van der Waals surface area contributed by atoms with Gasteiger partial charge in [-0.15, -0.1) is 6.58 Å². The zero-order valence-electron chi connectivity index (χ0n) is 12.9. The lowest BCUT2D eigenvalue weighted by atomic mass is 9.86. The Morgan fingerprint density at radius 1 is 1.29 bits per heavy atom. The number of aliphatic hydroxyl groups excluding tert-OH is 1. The molecule has 0 radical (unpaired) electrons. The molecule has 0 aromatic rings. The van der Waals surface area contributed by atoms with E-state index >= 15 is 0 Å². The minimum Gasteiger partial charge on any atom is -0.480 e. The van der Waals surface area contributed by atoms with E-state index in [1.807, 2.05) is 20.8 Å². The van der Waals surface area contributed by atoms with Crippen LogP contribution in [0.3, 0.4) is 0 Å². The average Bonchev–Trinajstić information content (AvgIpc) is 2.32. The molecule has 0 saturated carbocycles. The number of ketones is 1. The summed E-state index contributed by atoms with van der Waals surface area (Å²) in [4.78, 5) is 34.8. The molecule has 21 heavy (non-hydrogen) atoms. The predicted octanol–water partition coefficient (Wildman–Crippen LogP) is 1.14. The van der Waals surface area contributed by atoms with Crippen LogP contribution in [0.1, 0.15) is 40.0 Å². The molecule has 3 N–H and O–H groups in total. The normalized spacial score (nSPS) is 14.1. The molecule has 0 aliphatic heterocycles. The molecular formula is C15H25NO5. The van der Waals surface area contributed by atoms with Gasteiger partial charge in [0.15, 0.2) is 0 Å². The number of allylic oxidation sites excluding steroid dienone is 1. The largest absolute Gasteiger partial charge is 0.480 e. The zero-order chi connectivity index (χ0) is 16.6. The highest BCUT2D eigenvalue weighted by Crippen LogP contribution is 2.22. The third-order valence-corrected chi connectivity index (χ3v) is 2.82. The van der Waals surface area contributed by atoms with E-state index in [1.54, 1.807) is 0 Å². The van der Waals surface area contributed by atoms with E-state index in [2.05, 4.69) is 11.9 Å². The number of Topliss-reactive ketones (excluding diaryl/α,β-unsaturated/α-hetero) is 1. The van der Waals surface area contributed by atoms with Crippen molar-refractivity contribution in [3.63, 3.8) is 0 Å². The number of aliphatic hydroxyl groups is 1. The van der Waals surface area contributed by atoms with Gasteiger partial charge in [0.25, 0.3) is 0 Å². The fourth-order valence-corrected chi connectivity index (χ4v) is 1.90. The van der Waals surface area contributed by atoms with Crippen molar-refractivity contribution in [3.05, 3.63) is 12.7 Å². The molecule has 120 valence electrons. The first-order valence-electron chi connectivity index (χ1n) is 6.87. The first kappa shape index (κ1) is 19.3. The summed E-state index contributed by atoms with van der Waals surface area (Å²) in [5.74, 6) is -2.59. The minimum atomic E-state index is -1.36. The van der Waals surface area contributed by atoms with Gasteiger partial charge in [0.05, 0.1) is 6.61 Å². The average molecular weight is 299 g/mol. The van der Waals surface area contributed by atoms with Gasteiger partial charge in [0.1, 0.15) is 11.8 Å². The number of carboxylic acid groups (broad SMARTS) is 1. The fraction of sp³-hybridized carbons (Fsp3) is 0.667. The topological polar surface area (TPSA) is 104 Å². The van der Waals surface area contributed by atoms with Gasteiger partial charge in [-0.3, -0.25) is 9.59 Å². The van der Waals surface area contributed by atoms with Crippen molar-refractivity contribution < 1.29 is 24.6 Å². The lowest BCUT2D eigenvalue weighted by Crippen LogP contribution is -2.46. The van der Waals surface area contributed by atoms with Crippen molar-refractivity contribution in [1.29, 1.82) is 0 Å². The van der Waals surface area contributed by atoms with Crippen LogP contribution >= 0.6 is 0 Å². The molecule has 1 unspecified atom stereocenters. The molecule has 1 amide bonds. The quantitative estimate of drug-likeness (QED) is 0.554. The molecule has 0 aliphatic carbocycles. The summed E-state index contributed by atoms with van der Waals surface area (Å²) < 4.78 is 0. The highest BCUT2D eigenvalue weighted by atomic mass is 16.4. The number of carbonyl (C=O) groups is 3. The van der Waals surface area contributed by atoms with Crippen LogP contribution in [0.15, 0.2) is 12.7 Å². The molecule has 0 aromatic heterocycles. The Kier molecular flexibility index (Phi) is 7.88. The maximum absolute atomic E-state index is 12.0. The minimum absolute atomic E-state index is 0.0346. The third-order valence-electron chi connectivity index (χ3n) is 2.82. The molecule has 0 rings (SSSR count). The maximum atomic E-state index is 12.0. The van der Waals surface area contributed by atoms with E-state index in [4.69, 9.17) is 10.2 Å². The summed E-state index contributed by atoms with van der Waals surface area (Å²) in [7, 11) is 0. The summed E-state index contributed by atoms with van der Waals surface area (Å²) in [6, 6.07) is -1.36. The standard InChI is InChI=1S/C15H25NO5/c1-5-6-10(7-11(18)8-15(2,3)4)13(19)16-12(9-17)14(20)21/h5,10,12,17H,1,6-9H2,2-4H3,(H,16,19)(H,20,21)/t10-,12?/m1/s1. The lowest BCUT2D eigenvalue weighted by Gasteiger charge is -2.21. The lowest BCUT2D eigenvalue weighted by molar-refractivity contribution is -0.143. The molecular weight excluding hydrogens is 274 g/mol. The summed E-state index contributed by atoms with van der Waals surface area (Å²) in [6.45, 7) is 8.64. The second-order valence-electron chi connectivity index (χ2n) is 6.28. The Morgan fingerprint density at radius 3 is 2.24 bits per heavy atom. The van der Waals surface area contributed by atoms with Crippen molar-refractivity contribution in [2.24, 2.45) is 11.3 Å². The Morgan fingerprint density at radius 2 is 1.86 bits per heavy atom. The smallest absolute Gasteiger partial charge is 0.328 e. The van der Waals surface area contributed by atoms with Gasteiger partial charge in [-0.25, -0.2) is 4.79 Å². The molecule has 2 atom stereocenters. The molecule has 0 aromatic carbocycles. The Bertz CT molecular complexity index is 397. The van der Waals surface area contributed by atoms with Gasteiger partial charge in [-0.2, -0.15) is 0 Å². The van der Waals surface area contributed by atoms with Gasteiger partial charge in [-0.1, -0.05) is 26.8 Å². The molecule has 0 aliphatic rings. The number of carboxylic acids is 1. The van der Waals surface area contributed by atoms with E-state index < -0.39 is 30.4 Å². The molecule has 0 saturated heterocycles. The van der Waals surface area contributed by atoms with Crippen LogP contribution in [0.5, 0.6) is 0 Å². The highest BCUT2D eigenvalue weighted by Gasteiger charge is 2.27. The van der Waals surface area contributed by atoms with Crippen LogP contribution in [-0.4, -0.2) is 40.5 Å². The number of hydrogen-bond acceptors (Lipinski definition) is 4. The highest BCUT2D eigenvalue weighted by molar-refractivity contribution is 5.89. The van der Waals surface area contributed by atoms with Crippen molar-refractivity contribution in [2.75, 3.05) is 6.61 Å². The second kappa shape index (κ2) is 8.56. The number of hydrogen-bond donors (Lipinski definition) is 3. The first-order chi connectivity index (χ1) is 9.60. The molecule has 0 heterocycles. The van der Waals surface area contributed by atoms with Crippen molar-refractivity contribution in [3.8, 4) is 0 Å². The monoisotopic (exact) mass is 299 g/mol. The summed E-state index contributed by atoms with van der Waals surface area (Å²) in [5, 5.41) is 19.9. The fourth-order valence-electron chi connectivity index (χ4n) is 1.90. The number of aliphatic carboxylic acids is 1. The maximum Gasteiger partial charge on any atom is 0.328 e. The van der Waals surface area contributed by atoms with Crippen LogP contribution in [-0.2, 0) is 14.4 Å². The van der Waals surface area contributed by atoms with Gasteiger partial charge >= 0.3 is 5.97 Å². The van der Waals surface area contributed by atoms with Gasteiger partial charge in [-0.05, 0) is 11.8 Å². The van der Waals surface area contributed by atoms with E-state index in [1.165, 1.54) is 6.08 Å². The van der Waals surface area contributed by atoms with Crippen molar-refractivity contribution >= 4 is 17.7 Å². The van der Waals surface area contributed by atoms with E-state index in [0.29, 0.717) is 6.42 Å². The summed E-state index contributed by atoms with van der Waals surface area (Å²) >= 11 is 0. The van der Waals surface area contributed by atoms with Gasteiger partial charge < -0.3 is 15.5 Å². The van der Waals surface area contributed by atoms with Crippen LogP contribution in [0.25, 0.3) is 0 Å². The SMILES string of the molecule is C=CC[C@H](CC(=O)CC(C)(C)C)C(=O)NC(CO)C(=O)O. The predicted molar refractivity (Wildman–Crippen MR) is 78.7 cm³/mol. The number of nitrogens with one attached hydrogen (secondary N) is 1.